The summed E-state index contributed by atoms with van der Waals surface area (Å²) in [7, 11) is 0. The maximum Gasteiger partial charge on any atom is 0.149 e. The second-order valence-corrected chi connectivity index (χ2v) is 2.88. The Bertz CT molecular complexity index is 273. The van der Waals surface area contributed by atoms with E-state index in [0.29, 0.717) is 5.33 Å². The fourth-order valence-electron chi connectivity index (χ4n) is 0.837. The van der Waals surface area contributed by atoms with Crippen molar-refractivity contribution in [2.24, 2.45) is 0 Å². The zero-order valence-corrected chi connectivity index (χ0v) is 11.2. The first kappa shape index (κ1) is 12.5. The van der Waals surface area contributed by atoms with E-state index in [-0.39, 0.29) is 38.5 Å². The molecule has 0 atom stereocenters. The van der Waals surface area contributed by atoms with Crippen LogP contribution in [0.15, 0.2) is 18.2 Å². The number of Topliss-reactive ketones (excluding diaryl/α,β-unsaturated/α-hetero) is 1. The number of hydrogen-bond donors (Lipinski definition) is 0. The van der Waals surface area contributed by atoms with Gasteiger partial charge in [-0.15, -0.1) is 0 Å². The molecule has 1 aromatic rings. The second kappa shape index (κ2) is 6.01. The van der Waals surface area contributed by atoms with Gasteiger partial charge >= 0.3 is 0 Å². The molecule has 61 valence electrons. The van der Waals surface area contributed by atoms with Crippen molar-refractivity contribution in [3.8, 4) is 0 Å². The Morgan fingerprint density at radius 3 is 2.83 bits per heavy atom. The van der Waals surface area contributed by atoms with Crippen LogP contribution in [0.5, 0.6) is 0 Å². The second-order valence-electron chi connectivity index (χ2n) is 2.32. The van der Waals surface area contributed by atoms with E-state index in [2.05, 4.69) is 22.0 Å². The summed E-state index contributed by atoms with van der Waals surface area (Å²) < 4.78 is 0. The third kappa shape index (κ3) is 3.46. The molecule has 0 N–H and O–H groups in total. The molecular formula is C9H8BrOY-. The molecule has 0 heterocycles. The van der Waals surface area contributed by atoms with Gasteiger partial charge in [-0.05, 0) is 0 Å². The molecule has 0 aromatic heterocycles. The Balaban J connectivity index is 0.00000121. The van der Waals surface area contributed by atoms with E-state index in [1.807, 2.05) is 13.0 Å². The summed E-state index contributed by atoms with van der Waals surface area (Å²) in [4.78, 5) is 11.1. The summed E-state index contributed by atoms with van der Waals surface area (Å²) in [5.41, 5.74) is 1.75. The predicted octanol–water partition coefficient (Wildman–Crippen LogP) is 2.37. The van der Waals surface area contributed by atoms with E-state index in [1.54, 1.807) is 12.1 Å². The van der Waals surface area contributed by atoms with Crippen molar-refractivity contribution in [1.29, 1.82) is 0 Å². The van der Waals surface area contributed by atoms with Gasteiger partial charge < -0.3 is 0 Å². The summed E-state index contributed by atoms with van der Waals surface area (Å²) in [5.74, 6) is 0.113. The molecule has 0 saturated heterocycles. The molecule has 0 unspecified atom stereocenters. The van der Waals surface area contributed by atoms with Crippen LogP contribution < -0.4 is 0 Å². The van der Waals surface area contributed by atoms with E-state index < -0.39 is 0 Å². The third-order valence-corrected chi connectivity index (χ3v) is 1.90. The third-order valence-electron chi connectivity index (χ3n) is 1.39. The van der Waals surface area contributed by atoms with Crippen LogP contribution in [0.2, 0.25) is 0 Å². The van der Waals surface area contributed by atoms with E-state index in [9.17, 15) is 4.79 Å². The van der Waals surface area contributed by atoms with E-state index in [4.69, 9.17) is 0 Å². The number of hydrogen-bond acceptors (Lipinski definition) is 1. The molecule has 3 heteroatoms. The fourth-order valence-corrected chi connectivity index (χ4v) is 1.16. The van der Waals surface area contributed by atoms with Gasteiger partial charge in [-0.2, -0.15) is 29.8 Å². The van der Waals surface area contributed by atoms with Gasteiger partial charge in [0.2, 0.25) is 0 Å². The Morgan fingerprint density at radius 1 is 1.67 bits per heavy atom. The van der Waals surface area contributed by atoms with Crippen molar-refractivity contribution in [1.82, 2.24) is 0 Å². The van der Waals surface area contributed by atoms with Crippen molar-refractivity contribution in [2.75, 3.05) is 5.33 Å². The normalized spacial score (nSPS) is 8.83. The van der Waals surface area contributed by atoms with Crippen molar-refractivity contribution in [3.05, 3.63) is 35.4 Å². The van der Waals surface area contributed by atoms with Gasteiger partial charge in [0.05, 0.1) is 5.33 Å². The van der Waals surface area contributed by atoms with Crippen LogP contribution >= 0.6 is 15.9 Å². The van der Waals surface area contributed by atoms with Crippen LogP contribution in [0.4, 0.5) is 0 Å². The number of benzene rings is 1. The first-order chi connectivity index (χ1) is 5.24. The topological polar surface area (TPSA) is 17.1 Å². The molecule has 0 bridgehead atoms. The number of carbonyl (C=O) groups is 1. The maximum atomic E-state index is 11.1. The van der Waals surface area contributed by atoms with Gasteiger partial charge in [-0.1, -0.05) is 28.4 Å². The van der Waals surface area contributed by atoms with E-state index >= 15 is 0 Å². The van der Waals surface area contributed by atoms with Crippen LogP contribution in [0.25, 0.3) is 0 Å². The molecule has 1 rings (SSSR count). The number of carbonyl (C=O) groups excluding carboxylic acids is 1. The van der Waals surface area contributed by atoms with E-state index in [1.165, 1.54) is 0 Å². The number of rotatable bonds is 2. The summed E-state index contributed by atoms with van der Waals surface area (Å²) >= 11 is 3.12. The van der Waals surface area contributed by atoms with E-state index in [0.717, 1.165) is 11.1 Å². The number of aryl methyl sites for hydroxylation is 1. The van der Waals surface area contributed by atoms with Crippen molar-refractivity contribution >= 4 is 21.7 Å². The van der Waals surface area contributed by atoms with Gasteiger partial charge in [0.15, 0.2) is 0 Å². The largest absolute Gasteiger partial charge is 0.296 e. The Morgan fingerprint density at radius 2 is 2.33 bits per heavy atom. The molecule has 1 aromatic carbocycles. The first-order valence-electron chi connectivity index (χ1n) is 3.31. The molecule has 1 radical (unpaired) electrons. The number of halogens is 1. The average molecular weight is 301 g/mol. The monoisotopic (exact) mass is 300 g/mol. The Labute approximate surface area is 106 Å². The van der Waals surface area contributed by atoms with Crippen LogP contribution in [0.3, 0.4) is 0 Å². The SMILES string of the molecule is Cc1[c-]ccc(C(=O)CBr)c1.[Y]. The molecule has 0 aliphatic heterocycles. The maximum absolute atomic E-state index is 11.1. The van der Waals surface area contributed by atoms with Crippen molar-refractivity contribution < 1.29 is 37.5 Å². The van der Waals surface area contributed by atoms with Gasteiger partial charge in [0, 0.05) is 32.7 Å². The van der Waals surface area contributed by atoms with Crippen molar-refractivity contribution in [2.45, 2.75) is 6.92 Å². The fraction of sp³-hybridized carbons (Fsp3) is 0.222. The van der Waals surface area contributed by atoms with Gasteiger partial charge in [0.25, 0.3) is 0 Å². The van der Waals surface area contributed by atoms with Crippen molar-refractivity contribution in [3.63, 3.8) is 0 Å². The first-order valence-corrected chi connectivity index (χ1v) is 4.43. The molecule has 0 aliphatic carbocycles. The number of ketones is 1. The molecular weight excluding hydrogens is 293 g/mol. The Hall–Kier alpha value is 0.474. The molecule has 0 fully saturated rings. The summed E-state index contributed by atoms with van der Waals surface area (Å²) in [6.45, 7) is 1.92. The molecule has 0 spiro atoms. The standard InChI is InChI=1S/C9H8BrO.Y/c1-7-3-2-4-8(5-7)9(11)6-10;/h2,4-5H,6H2,1H3;/q-1;. The van der Waals surface area contributed by atoms with Crippen LogP contribution in [-0.2, 0) is 32.7 Å². The zero-order chi connectivity index (χ0) is 8.27. The molecule has 0 saturated carbocycles. The summed E-state index contributed by atoms with van der Waals surface area (Å²) in [6, 6.07) is 8.36. The summed E-state index contributed by atoms with van der Waals surface area (Å²) in [6.07, 6.45) is 0. The molecule has 0 aliphatic rings. The minimum absolute atomic E-state index is 0. The summed E-state index contributed by atoms with van der Waals surface area (Å²) in [5, 5.41) is 0.385. The Kier molecular flexibility index (Phi) is 6.25. The van der Waals surface area contributed by atoms with Gasteiger partial charge in [-0.25, -0.2) is 0 Å². The average Bonchev–Trinajstić information content (AvgIpc) is 2.03. The molecule has 12 heavy (non-hydrogen) atoms. The smallest absolute Gasteiger partial charge is 0.149 e. The molecule has 0 amide bonds. The van der Waals surface area contributed by atoms with Crippen LogP contribution in [0, 0.1) is 13.0 Å². The predicted molar refractivity (Wildman–Crippen MR) is 48.1 cm³/mol. The zero-order valence-electron chi connectivity index (χ0n) is 6.80. The van der Waals surface area contributed by atoms with Crippen LogP contribution in [-0.4, -0.2) is 11.1 Å². The number of alkyl halides is 1. The minimum atomic E-state index is 0. The van der Waals surface area contributed by atoms with Gasteiger partial charge in [-0.3, -0.25) is 4.79 Å². The van der Waals surface area contributed by atoms with Crippen LogP contribution in [0.1, 0.15) is 15.9 Å². The quantitative estimate of drug-likeness (QED) is 0.466. The minimum Gasteiger partial charge on any atom is -0.296 e. The van der Waals surface area contributed by atoms with Gasteiger partial charge in [0.1, 0.15) is 5.78 Å². The molecule has 1 nitrogen and oxygen atoms in total.